The van der Waals surface area contributed by atoms with E-state index in [4.69, 9.17) is 4.98 Å². The van der Waals surface area contributed by atoms with Gasteiger partial charge in [0.15, 0.2) is 0 Å². The molecule has 1 aromatic rings. The second-order valence-electron chi connectivity index (χ2n) is 7.44. The number of likely N-dealkylation sites (tertiary alicyclic amines) is 1. The van der Waals surface area contributed by atoms with Crippen LogP contribution in [0.3, 0.4) is 0 Å². The summed E-state index contributed by atoms with van der Waals surface area (Å²) in [6.45, 7) is 3.83. The van der Waals surface area contributed by atoms with E-state index in [1.165, 1.54) is 71.0 Å². The van der Waals surface area contributed by atoms with E-state index in [1.807, 2.05) is 12.3 Å². The molecular weight excluding hydrogens is 272 g/mol. The Morgan fingerprint density at radius 1 is 1.05 bits per heavy atom. The van der Waals surface area contributed by atoms with Crippen molar-refractivity contribution in [3.8, 4) is 0 Å². The molecule has 0 radical (unpaired) electrons. The highest BCUT2D eigenvalue weighted by atomic mass is 15.2. The molecule has 3 fully saturated rings. The zero-order valence-electron chi connectivity index (χ0n) is 13.5. The second kappa shape index (κ2) is 6.53. The zero-order chi connectivity index (χ0) is 14.8. The molecule has 1 saturated heterocycles. The smallest absolute Gasteiger partial charge is 0.133 e. The van der Waals surface area contributed by atoms with Crippen molar-refractivity contribution >= 4 is 5.82 Å². The molecule has 1 N–H and O–H groups in total. The lowest BCUT2D eigenvalue weighted by Gasteiger charge is -2.34. The van der Waals surface area contributed by atoms with Gasteiger partial charge < -0.3 is 10.2 Å². The quantitative estimate of drug-likeness (QED) is 0.904. The maximum atomic E-state index is 4.70. The maximum Gasteiger partial charge on any atom is 0.133 e. The topological polar surface area (TPSA) is 41.0 Å². The van der Waals surface area contributed by atoms with E-state index in [2.05, 4.69) is 15.2 Å². The summed E-state index contributed by atoms with van der Waals surface area (Å²) in [4.78, 5) is 11.8. The van der Waals surface area contributed by atoms with Gasteiger partial charge in [0.25, 0.3) is 0 Å². The second-order valence-corrected chi connectivity index (χ2v) is 7.44. The van der Waals surface area contributed by atoms with E-state index in [0.29, 0.717) is 12.0 Å². The van der Waals surface area contributed by atoms with Crippen molar-refractivity contribution in [2.45, 2.75) is 63.3 Å². The highest BCUT2D eigenvalue weighted by Crippen LogP contribution is 2.38. The third kappa shape index (κ3) is 3.60. The van der Waals surface area contributed by atoms with Crippen molar-refractivity contribution in [3.05, 3.63) is 18.1 Å². The number of piperidine rings is 1. The maximum absolute atomic E-state index is 4.70. The Hall–Kier alpha value is -1.16. The van der Waals surface area contributed by atoms with Crippen molar-refractivity contribution in [2.75, 3.05) is 25.0 Å². The van der Waals surface area contributed by atoms with E-state index >= 15 is 0 Å². The SMILES string of the molecule is c1cc(NC2CCN(CC3CCCC3)CC2)nc(C2CC2)n1. The molecule has 1 aliphatic heterocycles. The van der Waals surface area contributed by atoms with Crippen LogP contribution in [-0.2, 0) is 0 Å². The highest BCUT2D eigenvalue weighted by Gasteiger charge is 2.27. The number of anilines is 1. The number of aromatic nitrogens is 2. The molecule has 4 heteroatoms. The first-order valence-electron chi connectivity index (χ1n) is 9.18. The fraction of sp³-hybridized carbons (Fsp3) is 0.778. The van der Waals surface area contributed by atoms with Crippen LogP contribution in [0.1, 0.15) is 63.1 Å². The molecule has 22 heavy (non-hydrogen) atoms. The minimum atomic E-state index is 0.585. The van der Waals surface area contributed by atoms with E-state index in [1.54, 1.807) is 0 Å². The Labute approximate surface area is 133 Å². The van der Waals surface area contributed by atoms with E-state index < -0.39 is 0 Å². The van der Waals surface area contributed by atoms with Crippen LogP contribution < -0.4 is 5.32 Å². The van der Waals surface area contributed by atoms with Crippen molar-refractivity contribution in [3.63, 3.8) is 0 Å². The molecule has 0 bridgehead atoms. The fourth-order valence-corrected chi connectivity index (χ4v) is 4.02. The van der Waals surface area contributed by atoms with Crippen molar-refractivity contribution < 1.29 is 0 Å². The highest BCUT2D eigenvalue weighted by molar-refractivity contribution is 5.35. The van der Waals surface area contributed by atoms with E-state index in [9.17, 15) is 0 Å². The molecule has 1 aromatic heterocycles. The average Bonchev–Trinajstić information content (AvgIpc) is 3.28. The Kier molecular flexibility index (Phi) is 4.28. The van der Waals surface area contributed by atoms with Gasteiger partial charge in [-0.1, -0.05) is 12.8 Å². The lowest BCUT2D eigenvalue weighted by molar-refractivity contribution is 0.189. The number of nitrogens with zero attached hydrogens (tertiary/aromatic N) is 3. The first kappa shape index (κ1) is 14.4. The van der Waals surface area contributed by atoms with Crippen molar-refractivity contribution in [1.82, 2.24) is 14.9 Å². The van der Waals surface area contributed by atoms with Gasteiger partial charge in [0, 0.05) is 37.8 Å². The third-order valence-corrected chi connectivity index (χ3v) is 5.55. The van der Waals surface area contributed by atoms with Crippen LogP contribution >= 0.6 is 0 Å². The molecule has 0 spiro atoms. The first-order valence-corrected chi connectivity index (χ1v) is 9.18. The van der Waals surface area contributed by atoms with Crippen LogP contribution in [-0.4, -0.2) is 40.5 Å². The number of hydrogen-bond acceptors (Lipinski definition) is 4. The van der Waals surface area contributed by atoms with Crippen LogP contribution in [0, 0.1) is 5.92 Å². The standard InChI is InChI=1S/C18H28N4/c1-2-4-14(3-1)13-22-11-8-16(9-12-22)20-17-7-10-19-18(21-17)15-5-6-15/h7,10,14-16H,1-6,8-9,11-13H2,(H,19,20,21). The van der Waals surface area contributed by atoms with Gasteiger partial charge in [-0.3, -0.25) is 0 Å². The van der Waals surface area contributed by atoms with Gasteiger partial charge in [-0.25, -0.2) is 9.97 Å². The lowest BCUT2D eigenvalue weighted by atomic mass is 10.0. The number of rotatable bonds is 5. The molecule has 2 saturated carbocycles. The fourth-order valence-electron chi connectivity index (χ4n) is 4.02. The van der Waals surface area contributed by atoms with Crippen LogP contribution in [0.5, 0.6) is 0 Å². The molecule has 2 heterocycles. The van der Waals surface area contributed by atoms with Gasteiger partial charge in [-0.15, -0.1) is 0 Å². The van der Waals surface area contributed by atoms with Crippen LogP contribution in [0.2, 0.25) is 0 Å². The predicted octanol–water partition coefficient (Wildman–Crippen LogP) is 3.42. The molecule has 4 nitrogen and oxygen atoms in total. The van der Waals surface area contributed by atoms with Gasteiger partial charge in [0.05, 0.1) is 0 Å². The Morgan fingerprint density at radius 3 is 2.55 bits per heavy atom. The lowest BCUT2D eigenvalue weighted by Crippen LogP contribution is -2.41. The van der Waals surface area contributed by atoms with Crippen molar-refractivity contribution in [2.24, 2.45) is 5.92 Å². The van der Waals surface area contributed by atoms with Crippen LogP contribution in [0.25, 0.3) is 0 Å². The molecule has 0 atom stereocenters. The Balaban J connectivity index is 1.25. The van der Waals surface area contributed by atoms with E-state index in [-0.39, 0.29) is 0 Å². The molecular formula is C18H28N4. The third-order valence-electron chi connectivity index (χ3n) is 5.55. The summed E-state index contributed by atoms with van der Waals surface area (Å²) in [5.74, 6) is 3.69. The van der Waals surface area contributed by atoms with Gasteiger partial charge in [-0.05, 0) is 50.5 Å². The average molecular weight is 300 g/mol. The zero-order valence-corrected chi connectivity index (χ0v) is 13.5. The summed E-state index contributed by atoms with van der Waals surface area (Å²) in [5.41, 5.74) is 0. The minimum Gasteiger partial charge on any atom is -0.367 e. The summed E-state index contributed by atoms with van der Waals surface area (Å²) in [6, 6.07) is 2.61. The summed E-state index contributed by atoms with van der Waals surface area (Å²) in [6.07, 6.45) is 12.8. The van der Waals surface area contributed by atoms with Gasteiger partial charge >= 0.3 is 0 Å². The molecule has 0 amide bonds. The van der Waals surface area contributed by atoms with Gasteiger partial charge in [0.2, 0.25) is 0 Å². The Bertz CT molecular complexity index is 486. The number of hydrogen-bond donors (Lipinski definition) is 1. The van der Waals surface area contributed by atoms with Crippen LogP contribution in [0.15, 0.2) is 12.3 Å². The molecule has 0 unspecified atom stereocenters. The molecule has 4 rings (SSSR count). The summed E-state index contributed by atoms with van der Waals surface area (Å²) in [7, 11) is 0. The Morgan fingerprint density at radius 2 is 1.82 bits per heavy atom. The summed E-state index contributed by atoms with van der Waals surface area (Å²) >= 11 is 0. The van der Waals surface area contributed by atoms with Gasteiger partial charge in [0.1, 0.15) is 11.6 Å². The number of nitrogens with one attached hydrogen (secondary N) is 1. The van der Waals surface area contributed by atoms with Crippen molar-refractivity contribution in [1.29, 1.82) is 0 Å². The molecule has 2 aliphatic carbocycles. The molecule has 0 aromatic carbocycles. The molecule has 120 valence electrons. The summed E-state index contributed by atoms with van der Waals surface area (Å²) in [5, 5.41) is 3.64. The molecule has 3 aliphatic rings. The monoisotopic (exact) mass is 300 g/mol. The van der Waals surface area contributed by atoms with E-state index in [0.717, 1.165) is 17.6 Å². The minimum absolute atomic E-state index is 0.585. The largest absolute Gasteiger partial charge is 0.367 e. The summed E-state index contributed by atoms with van der Waals surface area (Å²) < 4.78 is 0. The predicted molar refractivity (Wildman–Crippen MR) is 89.0 cm³/mol. The normalized spacial score (nSPS) is 24.7. The first-order chi connectivity index (χ1) is 10.9. The van der Waals surface area contributed by atoms with Crippen LogP contribution in [0.4, 0.5) is 5.82 Å². The van der Waals surface area contributed by atoms with Gasteiger partial charge in [-0.2, -0.15) is 0 Å².